The Bertz CT molecular complexity index is 403. The van der Waals surface area contributed by atoms with E-state index in [1.807, 2.05) is 0 Å². The van der Waals surface area contributed by atoms with Gasteiger partial charge in [-0.05, 0) is 24.6 Å². The Labute approximate surface area is 92.7 Å². The minimum Gasteiger partial charge on any atom is -0.508 e. The average molecular weight is 223 g/mol. The first-order valence-corrected chi connectivity index (χ1v) is 4.79. The summed E-state index contributed by atoms with van der Waals surface area (Å²) in [5.41, 5.74) is 0.721. The summed E-state index contributed by atoms with van der Waals surface area (Å²) in [6.45, 7) is 1.72. The van der Waals surface area contributed by atoms with Gasteiger partial charge in [0.25, 0.3) is 0 Å². The van der Waals surface area contributed by atoms with Crippen LogP contribution in [0, 0.1) is 0 Å². The zero-order valence-corrected chi connectivity index (χ0v) is 8.80. The normalized spacial score (nSPS) is 11.8. The molecule has 0 aliphatic rings. The number of amides is 1. The number of carbonyl (C=O) groups is 2. The number of nitrogens with one attached hydrogen (secondary N) is 1. The van der Waals surface area contributed by atoms with Gasteiger partial charge in [-0.15, -0.1) is 0 Å². The van der Waals surface area contributed by atoms with E-state index in [-0.39, 0.29) is 11.8 Å². The van der Waals surface area contributed by atoms with Crippen molar-refractivity contribution in [3.63, 3.8) is 0 Å². The van der Waals surface area contributed by atoms with Gasteiger partial charge in [0, 0.05) is 0 Å². The fraction of sp³-hybridized carbons (Fsp3) is 0.273. The predicted octanol–water partition coefficient (Wildman–Crippen LogP) is 1.04. The second kappa shape index (κ2) is 5.16. The third kappa shape index (κ3) is 3.61. The van der Waals surface area contributed by atoms with Crippen LogP contribution >= 0.6 is 0 Å². The lowest BCUT2D eigenvalue weighted by Crippen LogP contribution is -2.28. The van der Waals surface area contributed by atoms with Crippen LogP contribution in [0.15, 0.2) is 24.3 Å². The van der Waals surface area contributed by atoms with Gasteiger partial charge in [-0.25, -0.2) is 0 Å². The molecule has 0 spiro atoms. The first kappa shape index (κ1) is 12.0. The highest BCUT2D eigenvalue weighted by Crippen LogP contribution is 2.17. The fourth-order valence-corrected chi connectivity index (χ4v) is 1.31. The van der Waals surface area contributed by atoms with Crippen LogP contribution in [0.1, 0.15) is 24.9 Å². The Morgan fingerprint density at radius 1 is 1.44 bits per heavy atom. The summed E-state index contributed by atoms with van der Waals surface area (Å²) in [6.07, 6.45) is -0.552. The van der Waals surface area contributed by atoms with E-state index in [1.165, 1.54) is 12.1 Å². The molecule has 0 saturated heterocycles. The van der Waals surface area contributed by atoms with E-state index < -0.39 is 18.3 Å². The molecule has 0 heterocycles. The van der Waals surface area contributed by atoms with Crippen molar-refractivity contribution in [1.29, 1.82) is 0 Å². The molecule has 0 radical (unpaired) electrons. The topological polar surface area (TPSA) is 86.6 Å². The van der Waals surface area contributed by atoms with Gasteiger partial charge in [-0.3, -0.25) is 9.59 Å². The Kier molecular flexibility index (Phi) is 3.88. The lowest BCUT2D eigenvalue weighted by molar-refractivity contribution is -0.140. The number of carbonyl (C=O) groups excluding carboxylic acids is 1. The molecule has 5 heteroatoms. The first-order valence-electron chi connectivity index (χ1n) is 4.79. The predicted molar refractivity (Wildman–Crippen MR) is 56.9 cm³/mol. The van der Waals surface area contributed by atoms with Gasteiger partial charge in [0.05, 0.1) is 6.04 Å². The van der Waals surface area contributed by atoms with E-state index in [0.29, 0.717) is 0 Å². The number of aliphatic carboxylic acids is 1. The smallest absolute Gasteiger partial charge is 0.312 e. The monoisotopic (exact) mass is 223 g/mol. The molecule has 1 atom stereocenters. The maximum Gasteiger partial charge on any atom is 0.312 e. The number of hydrogen-bond donors (Lipinski definition) is 3. The number of hydrogen-bond acceptors (Lipinski definition) is 3. The molecule has 1 rings (SSSR count). The highest BCUT2D eigenvalue weighted by molar-refractivity contribution is 5.93. The van der Waals surface area contributed by atoms with E-state index in [0.717, 1.165) is 5.56 Å². The molecule has 1 aromatic carbocycles. The molecule has 1 aromatic rings. The Balaban J connectivity index is 2.62. The summed E-state index contributed by atoms with van der Waals surface area (Å²) in [7, 11) is 0. The largest absolute Gasteiger partial charge is 0.508 e. The Morgan fingerprint density at radius 3 is 2.69 bits per heavy atom. The van der Waals surface area contributed by atoms with Gasteiger partial charge in [0.2, 0.25) is 5.91 Å². The second-order valence-corrected chi connectivity index (χ2v) is 3.45. The fourth-order valence-electron chi connectivity index (χ4n) is 1.31. The van der Waals surface area contributed by atoms with E-state index in [9.17, 15) is 14.7 Å². The summed E-state index contributed by atoms with van der Waals surface area (Å²) >= 11 is 0. The van der Waals surface area contributed by atoms with E-state index in [4.69, 9.17) is 5.11 Å². The van der Waals surface area contributed by atoms with Crippen molar-refractivity contribution >= 4 is 11.9 Å². The minimum absolute atomic E-state index is 0.108. The third-order valence-electron chi connectivity index (χ3n) is 2.06. The molecule has 0 saturated carbocycles. The van der Waals surface area contributed by atoms with Crippen LogP contribution in [-0.2, 0) is 9.59 Å². The van der Waals surface area contributed by atoms with Crippen LogP contribution < -0.4 is 5.32 Å². The maximum absolute atomic E-state index is 11.2. The number of phenolic OH excluding ortho intramolecular Hbond substituents is 1. The third-order valence-corrected chi connectivity index (χ3v) is 2.06. The van der Waals surface area contributed by atoms with Gasteiger partial charge >= 0.3 is 5.97 Å². The number of rotatable bonds is 4. The van der Waals surface area contributed by atoms with Crippen molar-refractivity contribution in [2.24, 2.45) is 0 Å². The highest BCUT2D eigenvalue weighted by atomic mass is 16.4. The van der Waals surface area contributed by atoms with E-state index >= 15 is 0 Å². The molecular weight excluding hydrogens is 210 g/mol. The number of carboxylic acids is 1. The van der Waals surface area contributed by atoms with Crippen molar-refractivity contribution < 1.29 is 19.8 Å². The average Bonchev–Trinajstić information content (AvgIpc) is 2.16. The highest BCUT2D eigenvalue weighted by Gasteiger charge is 2.12. The van der Waals surface area contributed by atoms with Gasteiger partial charge in [-0.1, -0.05) is 12.1 Å². The lowest BCUT2D eigenvalue weighted by Gasteiger charge is -2.13. The maximum atomic E-state index is 11.2. The lowest BCUT2D eigenvalue weighted by atomic mass is 10.1. The molecule has 0 aliphatic carbocycles. The molecule has 5 nitrogen and oxygen atoms in total. The van der Waals surface area contributed by atoms with Crippen molar-refractivity contribution in [3.05, 3.63) is 29.8 Å². The van der Waals surface area contributed by atoms with Gasteiger partial charge in [-0.2, -0.15) is 0 Å². The molecule has 3 N–H and O–H groups in total. The Morgan fingerprint density at radius 2 is 2.12 bits per heavy atom. The van der Waals surface area contributed by atoms with Crippen molar-refractivity contribution in [3.8, 4) is 5.75 Å². The molecule has 0 fully saturated rings. The van der Waals surface area contributed by atoms with E-state index in [2.05, 4.69) is 5.32 Å². The van der Waals surface area contributed by atoms with Crippen LogP contribution in [0.5, 0.6) is 5.75 Å². The number of phenols is 1. The molecule has 1 unspecified atom stereocenters. The standard InChI is InChI=1S/C11H13NO4/c1-7(12-10(14)6-11(15)16)8-3-2-4-9(13)5-8/h2-5,7,13H,6H2,1H3,(H,12,14)(H,15,16). The molecule has 16 heavy (non-hydrogen) atoms. The zero-order chi connectivity index (χ0) is 12.1. The Hall–Kier alpha value is -2.04. The molecular formula is C11H13NO4. The quantitative estimate of drug-likeness (QED) is 0.666. The van der Waals surface area contributed by atoms with Crippen LogP contribution in [-0.4, -0.2) is 22.1 Å². The van der Waals surface area contributed by atoms with Crippen molar-refractivity contribution in [2.45, 2.75) is 19.4 Å². The molecule has 0 bridgehead atoms. The van der Waals surface area contributed by atoms with Crippen LogP contribution in [0.2, 0.25) is 0 Å². The minimum atomic E-state index is -1.17. The summed E-state index contributed by atoms with van der Waals surface area (Å²) < 4.78 is 0. The molecule has 0 aromatic heterocycles. The summed E-state index contributed by atoms with van der Waals surface area (Å²) in [5, 5.41) is 20.2. The van der Waals surface area contributed by atoms with Crippen LogP contribution in [0.3, 0.4) is 0 Å². The van der Waals surface area contributed by atoms with Crippen LogP contribution in [0.4, 0.5) is 0 Å². The molecule has 0 aliphatic heterocycles. The zero-order valence-electron chi connectivity index (χ0n) is 8.80. The van der Waals surface area contributed by atoms with Gasteiger partial charge < -0.3 is 15.5 Å². The number of aromatic hydroxyl groups is 1. The summed E-state index contributed by atoms with van der Waals surface area (Å²) in [6, 6.07) is 6.11. The first-order chi connectivity index (χ1) is 7.49. The number of benzene rings is 1. The van der Waals surface area contributed by atoms with Gasteiger partial charge in [0.1, 0.15) is 12.2 Å². The van der Waals surface area contributed by atoms with Crippen LogP contribution in [0.25, 0.3) is 0 Å². The second-order valence-electron chi connectivity index (χ2n) is 3.45. The van der Waals surface area contributed by atoms with Gasteiger partial charge in [0.15, 0.2) is 0 Å². The van der Waals surface area contributed by atoms with Crippen molar-refractivity contribution in [2.75, 3.05) is 0 Å². The molecule has 86 valence electrons. The SMILES string of the molecule is CC(NC(=O)CC(=O)O)c1cccc(O)c1. The number of carboxylic acid groups (broad SMARTS) is 1. The summed E-state index contributed by atoms with van der Waals surface area (Å²) in [5.74, 6) is -1.61. The molecule has 1 amide bonds. The van der Waals surface area contributed by atoms with E-state index in [1.54, 1.807) is 19.1 Å². The van der Waals surface area contributed by atoms with Crippen molar-refractivity contribution in [1.82, 2.24) is 5.32 Å². The summed E-state index contributed by atoms with van der Waals surface area (Å²) in [4.78, 5) is 21.4.